The molecule has 3 heteroatoms. The number of hydrogen-bond acceptors (Lipinski definition) is 2. The number of unbranched alkanes of at least 4 members (excludes halogenated alkanes) is 20. The van der Waals surface area contributed by atoms with Gasteiger partial charge >= 0.3 is 0 Å². The second kappa shape index (κ2) is 25.6. The summed E-state index contributed by atoms with van der Waals surface area (Å²) in [7, 11) is 0. The molecular formula is C36H65NO2. The maximum Gasteiger partial charge on any atom is 0.142 e. The second-order valence-corrected chi connectivity index (χ2v) is 12.3. The number of rotatable bonds is 25. The molecule has 0 amide bonds. The molecule has 3 nitrogen and oxygen atoms in total. The molecule has 1 saturated carbocycles. The minimum atomic E-state index is 0.175. The Kier molecular flexibility index (Phi) is 23.4. The smallest absolute Gasteiger partial charge is 0.142 e. The third-order valence-electron chi connectivity index (χ3n) is 8.55. The van der Waals surface area contributed by atoms with Crippen molar-refractivity contribution in [3.63, 3.8) is 0 Å². The first-order chi connectivity index (χ1) is 19.1. The van der Waals surface area contributed by atoms with Gasteiger partial charge in [-0.2, -0.15) is 0 Å². The van der Waals surface area contributed by atoms with Gasteiger partial charge in [0.05, 0.1) is 5.92 Å². The van der Waals surface area contributed by atoms with Gasteiger partial charge in [-0.3, -0.25) is 4.79 Å². The van der Waals surface area contributed by atoms with Crippen LogP contribution in [0.5, 0.6) is 0 Å². The predicted octanol–water partition coefficient (Wildman–Crippen LogP) is 11.7. The SMILES string of the molecule is CCCCCCCCCCCCC1CC(=O)C1c1ccc[nH]1.CCCCCCCCCCCCCCC(C)=O. The lowest BCUT2D eigenvalue weighted by Gasteiger charge is -2.34. The van der Waals surface area contributed by atoms with E-state index in [-0.39, 0.29) is 5.92 Å². The van der Waals surface area contributed by atoms with E-state index in [4.69, 9.17) is 0 Å². The summed E-state index contributed by atoms with van der Waals surface area (Å²) in [5.74, 6) is 1.55. The molecule has 226 valence electrons. The standard InChI is InChI=1S/C20H33NO.C16H32O/c1-2-3-4-5-6-7-8-9-10-11-13-17-16-19(22)20(17)18-14-12-15-21-18;1-3-4-5-6-7-8-9-10-11-12-13-14-15-16(2)17/h12,14-15,17,20-21H,2-11,13,16H2,1H3;3-15H2,1-2H3. The number of Topliss-reactive ketones (excluding diaryl/α,β-unsaturated/α-hetero) is 2. The lowest BCUT2D eigenvalue weighted by Crippen LogP contribution is -2.35. The fraction of sp³-hybridized carbons (Fsp3) is 0.833. The summed E-state index contributed by atoms with van der Waals surface area (Å²) in [6.07, 6.45) is 34.9. The van der Waals surface area contributed by atoms with Crippen LogP contribution in [-0.4, -0.2) is 16.6 Å². The fourth-order valence-corrected chi connectivity index (χ4v) is 5.95. The molecular weight excluding hydrogens is 478 g/mol. The van der Waals surface area contributed by atoms with Crippen molar-refractivity contribution in [2.45, 2.75) is 187 Å². The Balaban J connectivity index is 0.000000406. The minimum absolute atomic E-state index is 0.175. The van der Waals surface area contributed by atoms with Crippen molar-refractivity contribution in [3.8, 4) is 0 Å². The zero-order valence-corrected chi connectivity index (χ0v) is 26.4. The average molecular weight is 544 g/mol. The first-order valence-electron chi connectivity index (χ1n) is 17.3. The number of aromatic amines is 1. The summed E-state index contributed by atoms with van der Waals surface area (Å²) >= 11 is 0. The molecule has 2 atom stereocenters. The van der Waals surface area contributed by atoms with Crippen LogP contribution >= 0.6 is 0 Å². The van der Waals surface area contributed by atoms with Gasteiger partial charge in [0.2, 0.25) is 0 Å². The zero-order chi connectivity index (χ0) is 28.4. The Morgan fingerprint density at radius 2 is 1.13 bits per heavy atom. The summed E-state index contributed by atoms with van der Waals surface area (Å²) in [5, 5.41) is 0. The quantitative estimate of drug-likeness (QED) is 0.125. The lowest BCUT2D eigenvalue weighted by molar-refractivity contribution is -0.130. The lowest BCUT2D eigenvalue weighted by atomic mass is 9.68. The number of aromatic nitrogens is 1. The molecule has 1 aliphatic carbocycles. The first kappa shape index (κ1) is 35.6. The molecule has 0 aliphatic heterocycles. The highest BCUT2D eigenvalue weighted by molar-refractivity contribution is 5.91. The van der Waals surface area contributed by atoms with E-state index in [9.17, 15) is 9.59 Å². The second-order valence-electron chi connectivity index (χ2n) is 12.3. The van der Waals surface area contributed by atoms with E-state index in [1.165, 1.54) is 141 Å². The topological polar surface area (TPSA) is 49.9 Å². The van der Waals surface area contributed by atoms with Gasteiger partial charge < -0.3 is 9.78 Å². The molecule has 0 saturated heterocycles. The third kappa shape index (κ3) is 19.4. The highest BCUT2D eigenvalue weighted by Crippen LogP contribution is 2.41. The summed E-state index contributed by atoms with van der Waals surface area (Å²) in [6.45, 7) is 6.24. The van der Waals surface area contributed by atoms with E-state index < -0.39 is 0 Å². The molecule has 39 heavy (non-hydrogen) atoms. The van der Waals surface area contributed by atoms with Gasteiger partial charge in [-0.15, -0.1) is 0 Å². The number of carbonyl (C=O) groups excluding carboxylic acids is 2. The van der Waals surface area contributed by atoms with Crippen molar-refractivity contribution in [1.29, 1.82) is 0 Å². The molecule has 1 N–H and O–H groups in total. The number of H-pyrrole nitrogens is 1. The number of hydrogen-bond donors (Lipinski definition) is 1. The molecule has 1 heterocycles. The molecule has 1 aliphatic rings. The van der Waals surface area contributed by atoms with Crippen molar-refractivity contribution in [1.82, 2.24) is 4.98 Å². The normalized spacial score (nSPS) is 16.5. The Labute approximate surface area is 243 Å². The molecule has 0 aromatic carbocycles. The molecule has 1 fully saturated rings. The maximum absolute atomic E-state index is 11.8. The van der Waals surface area contributed by atoms with Crippen molar-refractivity contribution in [3.05, 3.63) is 24.0 Å². The van der Waals surface area contributed by atoms with Gasteiger partial charge in [-0.1, -0.05) is 149 Å². The van der Waals surface area contributed by atoms with E-state index in [2.05, 4.69) is 24.9 Å². The molecule has 2 unspecified atom stereocenters. The Morgan fingerprint density at radius 3 is 1.51 bits per heavy atom. The van der Waals surface area contributed by atoms with Crippen LogP contribution in [0.4, 0.5) is 0 Å². The largest absolute Gasteiger partial charge is 0.364 e. The van der Waals surface area contributed by atoms with Crippen molar-refractivity contribution < 1.29 is 9.59 Å². The van der Waals surface area contributed by atoms with E-state index in [0.29, 0.717) is 17.5 Å². The van der Waals surface area contributed by atoms with E-state index in [1.54, 1.807) is 6.92 Å². The van der Waals surface area contributed by atoms with Gasteiger partial charge in [0, 0.05) is 24.7 Å². The van der Waals surface area contributed by atoms with Crippen LogP contribution in [0.2, 0.25) is 0 Å². The summed E-state index contributed by atoms with van der Waals surface area (Å²) in [6, 6.07) is 4.06. The number of nitrogens with one attached hydrogen (secondary N) is 1. The number of ketones is 2. The third-order valence-corrected chi connectivity index (χ3v) is 8.55. The Bertz CT molecular complexity index is 680. The van der Waals surface area contributed by atoms with Crippen LogP contribution in [-0.2, 0) is 9.59 Å². The van der Waals surface area contributed by atoms with Crippen LogP contribution in [0.25, 0.3) is 0 Å². The Hall–Kier alpha value is -1.38. The molecule has 2 rings (SSSR count). The molecule has 0 spiro atoms. The van der Waals surface area contributed by atoms with Crippen LogP contribution in [0.15, 0.2) is 18.3 Å². The van der Waals surface area contributed by atoms with Crippen LogP contribution < -0.4 is 0 Å². The summed E-state index contributed by atoms with van der Waals surface area (Å²) in [4.78, 5) is 25.7. The van der Waals surface area contributed by atoms with Gasteiger partial charge in [0.25, 0.3) is 0 Å². The minimum Gasteiger partial charge on any atom is -0.364 e. The van der Waals surface area contributed by atoms with Crippen LogP contribution in [0.3, 0.4) is 0 Å². The zero-order valence-electron chi connectivity index (χ0n) is 26.4. The van der Waals surface area contributed by atoms with Crippen molar-refractivity contribution in [2.75, 3.05) is 0 Å². The van der Waals surface area contributed by atoms with Crippen LogP contribution in [0.1, 0.15) is 193 Å². The van der Waals surface area contributed by atoms with E-state index in [0.717, 1.165) is 25.0 Å². The monoisotopic (exact) mass is 544 g/mol. The first-order valence-corrected chi connectivity index (χ1v) is 17.3. The predicted molar refractivity (Wildman–Crippen MR) is 169 cm³/mol. The van der Waals surface area contributed by atoms with E-state index >= 15 is 0 Å². The van der Waals surface area contributed by atoms with Crippen molar-refractivity contribution in [2.24, 2.45) is 5.92 Å². The van der Waals surface area contributed by atoms with Crippen LogP contribution in [0, 0.1) is 5.92 Å². The fourth-order valence-electron chi connectivity index (χ4n) is 5.95. The maximum atomic E-state index is 11.8. The summed E-state index contributed by atoms with van der Waals surface area (Å²) < 4.78 is 0. The highest BCUT2D eigenvalue weighted by Gasteiger charge is 2.40. The Morgan fingerprint density at radius 1 is 0.692 bits per heavy atom. The molecule has 1 aromatic rings. The summed E-state index contributed by atoms with van der Waals surface area (Å²) in [5.41, 5.74) is 1.13. The van der Waals surface area contributed by atoms with Gasteiger partial charge in [-0.05, 0) is 37.8 Å². The highest BCUT2D eigenvalue weighted by atomic mass is 16.1. The molecule has 1 aromatic heterocycles. The van der Waals surface area contributed by atoms with Crippen molar-refractivity contribution >= 4 is 11.6 Å². The average Bonchev–Trinajstić information content (AvgIpc) is 3.43. The van der Waals surface area contributed by atoms with Gasteiger partial charge in [0.15, 0.2) is 0 Å². The molecule has 0 radical (unpaired) electrons. The number of carbonyl (C=O) groups is 2. The van der Waals surface area contributed by atoms with Gasteiger partial charge in [-0.25, -0.2) is 0 Å². The van der Waals surface area contributed by atoms with Gasteiger partial charge in [0.1, 0.15) is 11.6 Å². The molecule has 0 bridgehead atoms. The van der Waals surface area contributed by atoms with E-state index in [1.807, 2.05) is 12.3 Å².